The first-order chi connectivity index (χ1) is 11.0. The fourth-order valence-corrected chi connectivity index (χ4v) is 2.73. The van der Waals surface area contributed by atoms with Crippen molar-refractivity contribution in [3.63, 3.8) is 0 Å². The number of ether oxygens (including phenoxy) is 1. The molecule has 0 fully saturated rings. The second-order valence-corrected chi connectivity index (χ2v) is 5.54. The van der Waals surface area contributed by atoms with E-state index in [0.29, 0.717) is 5.56 Å². The SMILES string of the molecule is O=C(COC(=O)c1ccc(O)cc1O)c1ccc2c(c1)CCC2. The highest BCUT2D eigenvalue weighted by molar-refractivity contribution is 6.00. The Hall–Kier alpha value is -2.82. The van der Waals surface area contributed by atoms with E-state index in [-0.39, 0.29) is 22.8 Å². The molecular formula is C18H16O5. The molecule has 0 aromatic heterocycles. The maximum Gasteiger partial charge on any atom is 0.342 e. The van der Waals surface area contributed by atoms with Crippen LogP contribution in [0.25, 0.3) is 0 Å². The average Bonchev–Trinajstić information content (AvgIpc) is 2.99. The summed E-state index contributed by atoms with van der Waals surface area (Å²) in [5.41, 5.74) is 2.88. The Labute approximate surface area is 133 Å². The number of fused-ring (bicyclic) bond motifs is 1. The third-order valence-corrected chi connectivity index (χ3v) is 3.96. The minimum Gasteiger partial charge on any atom is -0.508 e. The van der Waals surface area contributed by atoms with E-state index in [9.17, 15) is 19.8 Å². The van der Waals surface area contributed by atoms with Gasteiger partial charge in [-0.3, -0.25) is 4.79 Å². The molecule has 2 aromatic carbocycles. The number of phenols is 2. The summed E-state index contributed by atoms with van der Waals surface area (Å²) < 4.78 is 4.95. The molecule has 0 saturated carbocycles. The number of aromatic hydroxyl groups is 2. The summed E-state index contributed by atoms with van der Waals surface area (Å²) in [6, 6.07) is 9.10. The normalized spacial score (nSPS) is 12.7. The van der Waals surface area contributed by atoms with Crippen LogP contribution in [0.3, 0.4) is 0 Å². The molecule has 2 aromatic rings. The van der Waals surface area contributed by atoms with Crippen molar-refractivity contribution in [3.05, 3.63) is 58.7 Å². The van der Waals surface area contributed by atoms with Gasteiger partial charge in [0.1, 0.15) is 17.1 Å². The Balaban J connectivity index is 1.65. The van der Waals surface area contributed by atoms with Crippen LogP contribution in [0.15, 0.2) is 36.4 Å². The van der Waals surface area contributed by atoms with Crippen molar-refractivity contribution in [2.45, 2.75) is 19.3 Å². The third-order valence-electron chi connectivity index (χ3n) is 3.96. The molecule has 0 aliphatic heterocycles. The standard InChI is InChI=1S/C18H16O5/c19-14-6-7-15(16(20)9-14)18(22)23-10-17(21)13-5-4-11-2-1-3-12(11)8-13/h4-9,19-20H,1-3,10H2. The molecule has 5 heteroatoms. The molecule has 118 valence electrons. The summed E-state index contributed by atoms with van der Waals surface area (Å²) in [6.45, 7) is -0.391. The molecule has 1 aliphatic carbocycles. The van der Waals surface area contributed by atoms with Gasteiger partial charge >= 0.3 is 5.97 Å². The highest BCUT2D eigenvalue weighted by Gasteiger charge is 2.17. The molecule has 5 nitrogen and oxygen atoms in total. The molecular weight excluding hydrogens is 296 g/mol. The lowest BCUT2D eigenvalue weighted by Gasteiger charge is -2.07. The monoisotopic (exact) mass is 312 g/mol. The van der Waals surface area contributed by atoms with E-state index in [1.807, 2.05) is 12.1 Å². The first-order valence-corrected chi connectivity index (χ1v) is 7.38. The molecule has 2 N–H and O–H groups in total. The Morgan fingerprint density at radius 3 is 2.57 bits per heavy atom. The van der Waals surface area contributed by atoms with Crippen LogP contribution in [-0.2, 0) is 17.6 Å². The number of ketones is 1. The number of esters is 1. The predicted molar refractivity (Wildman–Crippen MR) is 82.9 cm³/mol. The number of rotatable bonds is 4. The summed E-state index contributed by atoms with van der Waals surface area (Å²) in [4.78, 5) is 24.0. The van der Waals surface area contributed by atoms with Gasteiger partial charge in [0.15, 0.2) is 12.4 Å². The van der Waals surface area contributed by atoms with E-state index < -0.39 is 12.6 Å². The molecule has 0 radical (unpaired) electrons. The van der Waals surface area contributed by atoms with E-state index in [0.717, 1.165) is 25.3 Å². The van der Waals surface area contributed by atoms with Crippen LogP contribution in [0.2, 0.25) is 0 Å². The van der Waals surface area contributed by atoms with Crippen molar-refractivity contribution >= 4 is 11.8 Å². The summed E-state index contributed by atoms with van der Waals surface area (Å²) in [7, 11) is 0. The Kier molecular flexibility index (Phi) is 4.02. The molecule has 3 rings (SSSR count). The molecule has 0 unspecified atom stereocenters. The van der Waals surface area contributed by atoms with E-state index in [2.05, 4.69) is 0 Å². The van der Waals surface area contributed by atoms with Crippen LogP contribution in [0.5, 0.6) is 11.5 Å². The number of hydrogen-bond acceptors (Lipinski definition) is 5. The fourth-order valence-electron chi connectivity index (χ4n) is 2.73. The molecule has 0 bridgehead atoms. The number of hydrogen-bond donors (Lipinski definition) is 2. The van der Waals surface area contributed by atoms with Crippen molar-refractivity contribution in [1.82, 2.24) is 0 Å². The lowest BCUT2D eigenvalue weighted by molar-refractivity contribution is 0.0471. The summed E-state index contributed by atoms with van der Waals surface area (Å²) in [6.07, 6.45) is 3.11. The van der Waals surface area contributed by atoms with Gasteiger partial charge < -0.3 is 14.9 Å². The Morgan fingerprint density at radius 1 is 1.00 bits per heavy atom. The van der Waals surface area contributed by atoms with Crippen LogP contribution in [0.4, 0.5) is 0 Å². The Bertz CT molecular complexity index is 779. The fraction of sp³-hybridized carbons (Fsp3) is 0.222. The van der Waals surface area contributed by atoms with E-state index in [1.165, 1.54) is 23.3 Å². The van der Waals surface area contributed by atoms with Crippen molar-refractivity contribution in [2.24, 2.45) is 0 Å². The van der Waals surface area contributed by atoms with Crippen molar-refractivity contribution in [2.75, 3.05) is 6.61 Å². The molecule has 0 spiro atoms. The first-order valence-electron chi connectivity index (χ1n) is 7.38. The molecule has 0 saturated heterocycles. The van der Waals surface area contributed by atoms with Crippen LogP contribution in [0.1, 0.15) is 38.3 Å². The van der Waals surface area contributed by atoms with Crippen molar-refractivity contribution in [1.29, 1.82) is 0 Å². The summed E-state index contributed by atoms with van der Waals surface area (Å²) >= 11 is 0. The van der Waals surface area contributed by atoms with Crippen LogP contribution in [0, 0.1) is 0 Å². The molecule has 0 heterocycles. The van der Waals surface area contributed by atoms with Crippen LogP contribution in [-0.4, -0.2) is 28.6 Å². The van der Waals surface area contributed by atoms with Gasteiger partial charge in [0, 0.05) is 11.6 Å². The molecule has 0 atom stereocenters. The van der Waals surface area contributed by atoms with Gasteiger partial charge in [-0.2, -0.15) is 0 Å². The number of benzene rings is 2. The smallest absolute Gasteiger partial charge is 0.342 e. The van der Waals surface area contributed by atoms with E-state index in [1.54, 1.807) is 6.07 Å². The first kappa shape index (κ1) is 15.1. The maximum absolute atomic E-state index is 12.1. The number of phenolic OH excluding ortho intramolecular Hbond substituents is 2. The summed E-state index contributed by atoms with van der Waals surface area (Å²) in [5.74, 6) is -1.64. The largest absolute Gasteiger partial charge is 0.508 e. The van der Waals surface area contributed by atoms with Gasteiger partial charge in [0.25, 0.3) is 0 Å². The van der Waals surface area contributed by atoms with Gasteiger partial charge in [0.05, 0.1) is 0 Å². The molecule has 1 aliphatic rings. The lowest BCUT2D eigenvalue weighted by Crippen LogP contribution is -2.14. The second-order valence-electron chi connectivity index (χ2n) is 5.54. The zero-order valence-corrected chi connectivity index (χ0v) is 12.4. The topological polar surface area (TPSA) is 83.8 Å². The number of carbonyl (C=O) groups is 2. The Morgan fingerprint density at radius 2 is 1.78 bits per heavy atom. The van der Waals surface area contributed by atoms with Crippen molar-refractivity contribution in [3.8, 4) is 11.5 Å². The predicted octanol–water partition coefficient (Wildman–Crippen LogP) is 2.63. The van der Waals surface area contributed by atoms with Gasteiger partial charge in [-0.05, 0) is 48.6 Å². The van der Waals surface area contributed by atoms with E-state index in [4.69, 9.17) is 4.74 Å². The average molecular weight is 312 g/mol. The third kappa shape index (κ3) is 3.18. The lowest BCUT2D eigenvalue weighted by atomic mass is 10.0. The van der Waals surface area contributed by atoms with Crippen LogP contribution >= 0.6 is 0 Å². The number of Topliss-reactive ketones (excluding diaryl/α,β-unsaturated/α-hetero) is 1. The van der Waals surface area contributed by atoms with Gasteiger partial charge in [0.2, 0.25) is 0 Å². The van der Waals surface area contributed by atoms with Gasteiger partial charge in [-0.25, -0.2) is 4.79 Å². The number of carbonyl (C=O) groups excluding carboxylic acids is 2. The zero-order valence-electron chi connectivity index (χ0n) is 12.4. The zero-order chi connectivity index (χ0) is 16.4. The second kappa shape index (κ2) is 6.12. The highest BCUT2D eigenvalue weighted by atomic mass is 16.5. The number of aryl methyl sites for hydroxylation is 2. The summed E-state index contributed by atoms with van der Waals surface area (Å²) in [5, 5.41) is 18.8. The molecule has 23 heavy (non-hydrogen) atoms. The van der Waals surface area contributed by atoms with Crippen molar-refractivity contribution < 1.29 is 24.5 Å². The quantitative estimate of drug-likeness (QED) is 0.670. The van der Waals surface area contributed by atoms with Crippen LogP contribution < -0.4 is 0 Å². The van der Waals surface area contributed by atoms with Gasteiger partial charge in [-0.1, -0.05) is 12.1 Å². The maximum atomic E-state index is 12.1. The minimum absolute atomic E-state index is 0.0930. The highest BCUT2D eigenvalue weighted by Crippen LogP contribution is 2.24. The minimum atomic E-state index is -0.808. The van der Waals surface area contributed by atoms with Gasteiger partial charge in [-0.15, -0.1) is 0 Å². The molecule has 0 amide bonds. The van der Waals surface area contributed by atoms with E-state index >= 15 is 0 Å².